The second-order valence-corrected chi connectivity index (χ2v) is 6.29. The van der Waals surface area contributed by atoms with Crippen molar-refractivity contribution < 1.29 is 40.4 Å². The van der Waals surface area contributed by atoms with Crippen LogP contribution in [-0.2, 0) is 4.84 Å². The molecule has 0 amide bonds. The maximum Gasteiger partial charge on any atom is 0.371 e. The Kier molecular flexibility index (Phi) is 6.45. The van der Waals surface area contributed by atoms with Gasteiger partial charge in [-0.2, -0.15) is 8.78 Å². The summed E-state index contributed by atoms with van der Waals surface area (Å²) in [5, 5.41) is 3.38. The van der Waals surface area contributed by atoms with Crippen LogP contribution in [0, 0.1) is 34.5 Å². The van der Waals surface area contributed by atoms with E-state index in [0.717, 1.165) is 0 Å². The first-order valence-corrected chi connectivity index (χ1v) is 7.88. The molecule has 0 saturated carbocycles. The fourth-order valence-corrected chi connectivity index (χ4v) is 2.40. The molecule has 0 aromatic heterocycles. The summed E-state index contributed by atoms with van der Waals surface area (Å²) in [6, 6.07) is 7.48. The van der Waals surface area contributed by atoms with Gasteiger partial charge in [-0.25, -0.2) is 26.7 Å². The standard InChI is InChI=1S/C19H12F7NO2/c1-19(2,8-10(20)21)17(9-6-4-3-5-7-9)27-29-18(28)11-12(22)14(24)16(26)15(25)13(11)23/h3-8H,1-2H3/b27-17+. The van der Waals surface area contributed by atoms with Gasteiger partial charge in [0.2, 0.25) is 5.82 Å². The zero-order chi connectivity index (χ0) is 21.9. The van der Waals surface area contributed by atoms with Crippen LogP contribution < -0.4 is 0 Å². The van der Waals surface area contributed by atoms with Crippen molar-refractivity contribution in [2.75, 3.05) is 0 Å². The Bertz CT molecular complexity index is 968. The van der Waals surface area contributed by atoms with E-state index in [9.17, 15) is 35.5 Å². The molecule has 2 aromatic carbocycles. The number of halogens is 7. The number of hydrogen-bond acceptors (Lipinski definition) is 3. The van der Waals surface area contributed by atoms with Gasteiger partial charge in [-0.1, -0.05) is 49.3 Å². The van der Waals surface area contributed by atoms with Crippen molar-refractivity contribution in [1.82, 2.24) is 0 Å². The lowest BCUT2D eigenvalue weighted by atomic mass is 9.83. The van der Waals surface area contributed by atoms with E-state index in [4.69, 9.17) is 0 Å². The van der Waals surface area contributed by atoms with Crippen LogP contribution in [0.1, 0.15) is 29.8 Å². The summed E-state index contributed by atoms with van der Waals surface area (Å²) in [4.78, 5) is 16.3. The van der Waals surface area contributed by atoms with Crippen LogP contribution in [-0.4, -0.2) is 11.7 Å². The van der Waals surface area contributed by atoms with Crippen molar-refractivity contribution in [2.45, 2.75) is 13.8 Å². The molecular weight excluding hydrogens is 407 g/mol. The monoisotopic (exact) mass is 419 g/mol. The largest absolute Gasteiger partial charge is 0.371 e. The minimum atomic E-state index is -2.45. The summed E-state index contributed by atoms with van der Waals surface area (Å²) >= 11 is 0. The molecule has 0 heterocycles. The van der Waals surface area contributed by atoms with Crippen molar-refractivity contribution in [3.05, 3.63) is 82.7 Å². The molecule has 3 nitrogen and oxygen atoms in total. The Balaban J connectivity index is 2.53. The Morgan fingerprint density at radius 1 is 0.897 bits per heavy atom. The molecule has 0 aliphatic carbocycles. The zero-order valence-corrected chi connectivity index (χ0v) is 14.9. The summed E-state index contributed by atoms with van der Waals surface area (Å²) in [5.41, 5.74) is -3.44. The Morgan fingerprint density at radius 3 is 1.86 bits per heavy atom. The minimum Gasteiger partial charge on any atom is -0.312 e. The molecule has 2 aromatic rings. The van der Waals surface area contributed by atoms with E-state index >= 15 is 0 Å². The summed E-state index contributed by atoms with van der Waals surface area (Å²) in [7, 11) is 0. The predicted molar refractivity (Wildman–Crippen MR) is 88.7 cm³/mol. The molecule has 0 atom stereocenters. The van der Waals surface area contributed by atoms with Crippen molar-refractivity contribution >= 4 is 11.7 Å². The average Bonchev–Trinajstić information content (AvgIpc) is 2.64. The third kappa shape index (κ3) is 4.64. The first kappa shape index (κ1) is 22.1. The SMILES string of the molecule is CC(C)(C=C(F)F)/C(=N/OC(=O)c1c(F)c(F)c(F)c(F)c1F)c1ccccc1. The summed E-state index contributed by atoms with van der Waals surface area (Å²) < 4.78 is 92.6. The van der Waals surface area contributed by atoms with Gasteiger partial charge < -0.3 is 4.84 Å². The zero-order valence-electron chi connectivity index (χ0n) is 14.9. The molecule has 10 heteroatoms. The van der Waals surface area contributed by atoms with Crippen LogP contribution >= 0.6 is 0 Å². The van der Waals surface area contributed by atoms with E-state index < -0.39 is 52.1 Å². The van der Waals surface area contributed by atoms with E-state index in [1.807, 2.05) is 0 Å². The highest BCUT2D eigenvalue weighted by molar-refractivity contribution is 6.05. The molecular formula is C19H12F7NO2. The molecule has 154 valence electrons. The van der Waals surface area contributed by atoms with Crippen LogP contribution in [0.4, 0.5) is 30.7 Å². The van der Waals surface area contributed by atoms with Crippen LogP contribution in [0.2, 0.25) is 0 Å². The van der Waals surface area contributed by atoms with Crippen LogP contribution in [0.25, 0.3) is 0 Å². The Labute approximate surface area is 160 Å². The molecule has 0 aliphatic heterocycles. The molecule has 0 saturated heterocycles. The maximum atomic E-state index is 13.7. The highest BCUT2D eigenvalue weighted by Gasteiger charge is 2.32. The lowest BCUT2D eigenvalue weighted by molar-refractivity contribution is 0.0498. The van der Waals surface area contributed by atoms with Crippen LogP contribution in [0.5, 0.6) is 0 Å². The number of carbonyl (C=O) groups is 1. The van der Waals surface area contributed by atoms with Crippen molar-refractivity contribution in [3.63, 3.8) is 0 Å². The third-order valence-electron chi connectivity index (χ3n) is 3.76. The van der Waals surface area contributed by atoms with Crippen molar-refractivity contribution in [1.29, 1.82) is 0 Å². The minimum absolute atomic E-state index is 0.209. The highest BCUT2D eigenvalue weighted by Crippen LogP contribution is 2.28. The predicted octanol–water partition coefficient (Wildman–Crippen LogP) is 5.75. The van der Waals surface area contributed by atoms with Gasteiger partial charge in [-0.05, 0) is 6.08 Å². The lowest BCUT2D eigenvalue weighted by Crippen LogP contribution is -2.24. The Morgan fingerprint density at radius 2 is 1.38 bits per heavy atom. The lowest BCUT2D eigenvalue weighted by Gasteiger charge is -2.22. The Hall–Kier alpha value is -3.17. The summed E-state index contributed by atoms with van der Waals surface area (Å²) in [5.74, 6) is -13.9. The average molecular weight is 419 g/mol. The van der Waals surface area contributed by atoms with Gasteiger partial charge in [0.05, 0.1) is 5.71 Å². The number of nitrogens with zero attached hydrogens (tertiary/aromatic N) is 1. The van der Waals surface area contributed by atoms with Gasteiger partial charge in [-0.3, -0.25) is 0 Å². The van der Waals surface area contributed by atoms with Crippen LogP contribution in [0.3, 0.4) is 0 Å². The molecule has 0 N–H and O–H groups in total. The topological polar surface area (TPSA) is 38.7 Å². The number of benzene rings is 2. The molecule has 0 bridgehead atoms. The molecule has 0 spiro atoms. The van der Waals surface area contributed by atoms with E-state index in [-0.39, 0.29) is 11.3 Å². The summed E-state index contributed by atoms with van der Waals surface area (Å²) in [6.45, 7) is 2.56. The van der Waals surface area contributed by atoms with Gasteiger partial charge in [0.15, 0.2) is 23.3 Å². The van der Waals surface area contributed by atoms with E-state index in [0.29, 0.717) is 6.08 Å². The van der Waals surface area contributed by atoms with Gasteiger partial charge in [-0.15, -0.1) is 0 Å². The van der Waals surface area contributed by atoms with Gasteiger partial charge >= 0.3 is 5.97 Å². The van der Waals surface area contributed by atoms with Crippen LogP contribution in [0.15, 0.2) is 47.6 Å². The normalized spacial score (nSPS) is 12.0. The van der Waals surface area contributed by atoms with E-state index in [1.165, 1.54) is 38.1 Å². The van der Waals surface area contributed by atoms with Crippen molar-refractivity contribution in [3.8, 4) is 0 Å². The van der Waals surface area contributed by atoms with E-state index in [2.05, 4.69) is 9.99 Å². The van der Waals surface area contributed by atoms with Gasteiger partial charge in [0.1, 0.15) is 5.56 Å². The number of rotatable bonds is 5. The quantitative estimate of drug-likeness (QED) is 0.155. The smallest absolute Gasteiger partial charge is 0.312 e. The molecule has 0 unspecified atom stereocenters. The molecule has 2 rings (SSSR count). The first-order chi connectivity index (χ1) is 13.5. The molecule has 29 heavy (non-hydrogen) atoms. The number of hydrogen-bond donors (Lipinski definition) is 0. The molecule has 0 aliphatic rings. The fourth-order valence-electron chi connectivity index (χ4n) is 2.40. The number of allylic oxidation sites excluding steroid dienone is 1. The van der Waals surface area contributed by atoms with E-state index in [1.54, 1.807) is 6.07 Å². The first-order valence-electron chi connectivity index (χ1n) is 7.88. The fraction of sp³-hybridized carbons (Fsp3) is 0.158. The van der Waals surface area contributed by atoms with Gasteiger partial charge in [0.25, 0.3) is 6.08 Å². The van der Waals surface area contributed by atoms with Crippen molar-refractivity contribution in [2.24, 2.45) is 10.6 Å². The molecule has 0 fully saturated rings. The van der Waals surface area contributed by atoms with Gasteiger partial charge in [0, 0.05) is 11.0 Å². The second kappa shape index (κ2) is 8.46. The maximum absolute atomic E-state index is 13.7. The number of carbonyl (C=O) groups excluding carboxylic acids is 1. The molecule has 0 radical (unpaired) electrons. The highest BCUT2D eigenvalue weighted by atomic mass is 19.3. The third-order valence-corrected chi connectivity index (χ3v) is 3.76. The number of oxime groups is 1. The summed E-state index contributed by atoms with van der Waals surface area (Å²) in [6.07, 6.45) is -1.59. The second-order valence-electron chi connectivity index (χ2n) is 6.29.